The quantitative estimate of drug-likeness (QED) is 0.887. The van der Waals surface area contributed by atoms with Crippen molar-refractivity contribution in [3.8, 4) is 0 Å². The number of thioether (sulfide) groups is 1. The number of amides is 2. The molecule has 0 aromatic carbocycles. The molecule has 1 saturated heterocycles. The largest absolute Gasteiger partial charge is 0.481 e. The first-order chi connectivity index (χ1) is 9.97. The summed E-state index contributed by atoms with van der Waals surface area (Å²) in [6.45, 7) is 4.66. The Hall–Kier alpha value is -1.28. The predicted molar refractivity (Wildman–Crippen MR) is 85.3 cm³/mol. The maximum absolute atomic E-state index is 12.3. The molecule has 116 valence electrons. The summed E-state index contributed by atoms with van der Waals surface area (Å²) in [4.78, 5) is 29.2. The fourth-order valence-electron chi connectivity index (χ4n) is 2.06. The van der Waals surface area contributed by atoms with Crippen LogP contribution in [-0.2, 0) is 4.79 Å². The van der Waals surface area contributed by atoms with Crippen molar-refractivity contribution in [1.82, 2.24) is 9.88 Å². The molecular formula is C13H19N3O3S2. The zero-order valence-corrected chi connectivity index (χ0v) is 13.7. The van der Waals surface area contributed by atoms with Crippen LogP contribution >= 0.6 is 23.1 Å². The van der Waals surface area contributed by atoms with Crippen LogP contribution in [0.5, 0.6) is 0 Å². The number of hydrogen-bond acceptors (Lipinski definition) is 5. The van der Waals surface area contributed by atoms with Crippen LogP contribution in [0.3, 0.4) is 0 Å². The number of carboxylic acids is 1. The molecule has 8 heteroatoms. The Labute approximate surface area is 131 Å². The van der Waals surface area contributed by atoms with Crippen LogP contribution in [0.2, 0.25) is 0 Å². The highest BCUT2D eigenvalue weighted by Crippen LogP contribution is 2.24. The Morgan fingerprint density at radius 3 is 2.95 bits per heavy atom. The number of rotatable bonds is 4. The monoisotopic (exact) mass is 329 g/mol. The molecule has 1 unspecified atom stereocenters. The summed E-state index contributed by atoms with van der Waals surface area (Å²) < 4.78 is 0. The van der Waals surface area contributed by atoms with E-state index in [-0.39, 0.29) is 18.5 Å². The van der Waals surface area contributed by atoms with Gasteiger partial charge in [0, 0.05) is 23.4 Å². The van der Waals surface area contributed by atoms with Crippen molar-refractivity contribution in [3.63, 3.8) is 0 Å². The second-order valence-electron chi connectivity index (χ2n) is 5.18. The third-order valence-electron chi connectivity index (χ3n) is 3.23. The van der Waals surface area contributed by atoms with Crippen molar-refractivity contribution in [1.29, 1.82) is 0 Å². The molecule has 21 heavy (non-hydrogen) atoms. The van der Waals surface area contributed by atoms with Crippen molar-refractivity contribution in [2.24, 2.45) is 0 Å². The molecule has 6 nitrogen and oxygen atoms in total. The zero-order chi connectivity index (χ0) is 15.4. The number of carbonyl (C=O) groups is 2. The van der Waals surface area contributed by atoms with E-state index in [0.29, 0.717) is 23.3 Å². The van der Waals surface area contributed by atoms with E-state index >= 15 is 0 Å². The Balaban J connectivity index is 2.01. The summed E-state index contributed by atoms with van der Waals surface area (Å²) in [7, 11) is 0. The summed E-state index contributed by atoms with van der Waals surface area (Å²) in [5, 5.41) is 14.2. The van der Waals surface area contributed by atoms with Crippen molar-refractivity contribution < 1.29 is 14.7 Å². The third kappa shape index (κ3) is 4.34. The van der Waals surface area contributed by atoms with E-state index in [2.05, 4.69) is 10.3 Å². The van der Waals surface area contributed by atoms with Gasteiger partial charge in [-0.3, -0.25) is 10.1 Å². The molecule has 0 bridgehead atoms. The van der Waals surface area contributed by atoms with E-state index in [1.54, 1.807) is 16.7 Å². The van der Waals surface area contributed by atoms with E-state index < -0.39 is 5.97 Å². The second-order valence-corrected chi connectivity index (χ2v) is 7.19. The molecule has 0 aliphatic carbocycles. The maximum Gasteiger partial charge on any atom is 0.323 e. The molecular weight excluding hydrogens is 310 g/mol. The lowest BCUT2D eigenvalue weighted by atomic mass is 10.2. The van der Waals surface area contributed by atoms with Gasteiger partial charge in [-0.25, -0.2) is 9.78 Å². The van der Waals surface area contributed by atoms with Crippen LogP contribution in [0.1, 0.15) is 31.9 Å². The molecule has 0 saturated carbocycles. The van der Waals surface area contributed by atoms with Crippen LogP contribution < -0.4 is 5.32 Å². The Kier molecular flexibility index (Phi) is 5.46. The number of thiazole rings is 1. The van der Waals surface area contributed by atoms with Gasteiger partial charge >= 0.3 is 12.0 Å². The van der Waals surface area contributed by atoms with Gasteiger partial charge in [-0.2, -0.15) is 11.8 Å². The Bertz CT molecular complexity index is 519. The fourth-order valence-corrected chi connectivity index (χ4v) is 3.99. The van der Waals surface area contributed by atoms with Gasteiger partial charge in [0.05, 0.1) is 18.2 Å². The van der Waals surface area contributed by atoms with Crippen molar-refractivity contribution >= 4 is 40.2 Å². The first kappa shape index (κ1) is 16.1. The SMILES string of the molecule is CC(C)c1csc(NC(=O)N2CCSCC2CC(=O)O)n1. The number of aliphatic carboxylic acids is 1. The minimum atomic E-state index is -0.878. The third-order valence-corrected chi connectivity index (χ3v) is 5.09. The van der Waals surface area contributed by atoms with Crippen molar-refractivity contribution in [3.05, 3.63) is 11.1 Å². The standard InChI is InChI=1S/C13H19N3O3S2/c1-8(2)10-7-21-12(14-10)15-13(19)16-3-4-20-6-9(16)5-11(17)18/h7-9H,3-6H2,1-2H3,(H,17,18)(H,14,15,19). The first-order valence-corrected chi connectivity index (χ1v) is 8.83. The molecule has 1 aliphatic heterocycles. The number of carbonyl (C=O) groups excluding carboxylic acids is 1. The summed E-state index contributed by atoms with van der Waals surface area (Å²) in [6, 6.07) is -0.517. The normalized spacial score (nSPS) is 18.8. The smallest absolute Gasteiger partial charge is 0.323 e. The molecule has 0 radical (unpaired) electrons. The van der Waals surface area contributed by atoms with Crippen LogP contribution in [0.15, 0.2) is 5.38 Å². The maximum atomic E-state index is 12.3. The van der Waals surface area contributed by atoms with Gasteiger partial charge in [-0.1, -0.05) is 13.8 Å². The molecule has 2 heterocycles. The molecule has 1 aromatic heterocycles. The van der Waals surface area contributed by atoms with Gasteiger partial charge in [-0.05, 0) is 5.92 Å². The molecule has 2 rings (SSSR count). The number of nitrogens with zero attached hydrogens (tertiary/aromatic N) is 2. The van der Waals surface area contributed by atoms with E-state index in [4.69, 9.17) is 5.11 Å². The van der Waals surface area contributed by atoms with Gasteiger partial charge in [0.2, 0.25) is 0 Å². The highest BCUT2D eigenvalue weighted by Gasteiger charge is 2.29. The van der Waals surface area contributed by atoms with Crippen LogP contribution in [-0.4, -0.2) is 51.1 Å². The molecule has 1 aromatic rings. The zero-order valence-electron chi connectivity index (χ0n) is 12.0. The Morgan fingerprint density at radius 2 is 2.33 bits per heavy atom. The lowest BCUT2D eigenvalue weighted by Gasteiger charge is -2.34. The number of nitrogens with one attached hydrogen (secondary N) is 1. The van der Waals surface area contributed by atoms with Gasteiger partial charge in [0.25, 0.3) is 0 Å². The molecule has 0 spiro atoms. The van der Waals surface area contributed by atoms with E-state index in [9.17, 15) is 9.59 Å². The molecule has 1 fully saturated rings. The lowest BCUT2D eigenvalue weighted by Crippen LogP contribution is -2.48. The van der Waals surface area contributed by atoms with Gasteiger partial charge < -0.3 is 10.0 Å². The van der Waals surface area contributed by atoms with Crippen LogP contribution in [0, 0.1) is 0 Å². The van der Waals surface area contributed by atoms with Gasteiger partial charge in [0.15, 0.2) is 5.13 Å². The second kappa shape index (κ2) is 7.13. The van der Waals surface area contributed by atoms with Crippen LogP contribution in [0.4, 0.5) is 9.93 Å². The number of anilines is 1. The number of hydrogen-bond donors (Lipinski definition) is 2. The molecule has 2 N–H and O–H groups in total. The summed E-state index contributed by atoms with van der Waals surface area (Å²) >= 11 is 3.08. The highest BCUT2D eigenvalue weighted by molar-refractivity contribution is 7.99. The average molecular weight is 329 g/mol. The van der Waals surface area contributed by atoms with Gasteiger partial charge in [-0.15, -0.1) is 11.3 Å². The fraction of sp³-hybridized carbons (Fsp3) is 0.615. The average Bonchev–Trinajstić information content (AvgIpc) is 2.87. The summed E-state index contributed by atoms with van der Waals surface area (Å²) in [5.41, 5.74) is 0.951. The highest BCUT2D eigenvalue weighted by atomic mass is 32.2. The van der Waals surface area contributed by atoms with Crippen molar-refractivity contribution in [2.75, 3.05) is 23.4 Å². The topological polar surface area (TPSA) is 82.5 Å². The summed E-state index contributed by atoms with van der Waals surface area (Å²) in [5.74, 6) is 0.933. The lowest BCUT2D eigenvalue weighted by molar-refractivity contribution is -0.137. The minimum absolute atomic E-state index is 0.0183. The van der Waals surface area contributed by atoms with E-state index in [0.717, 1.165) is 11.4 Å². The number of aromatic nitrogens is 1. The summed E-state index contributed by atoms with van der Waals surface area (Å²) in [6.07, 6.45) is -0.0183. The molecule has 1 aliphatic rings. The van der Waals surface area contributed by atoms with Crippen molar-refractivity contribution in [2.45, 2.75) is 32.2 Å². The van der Waals surface area contributed by atoms with E-state index in [1.807, 2.05) is 19.2 Å². The molecule has 2 amide bonds. The van der Waals surface area contributed by atoms with E-state index in [1.165, 1.54) is 11.3 Å². The Morgan fingerprint density at radius 1 is 1.57 bits per heavy atom. The minimum Gasteiger partial charge on any atom is -0.481 e. The van der Waals surface area contributed by atoms with Crippen LogP contribution in [0.25, 0.3) is 0 Å². The molecule has 1 atom stereocenters. The van der Waals surface area contributed by atoms with Gasteiger partial charge in [0.1, 0.15) is 0 Å². The number of carboxylic acid groups (broad SMARTS) is 1. The first-order valence-electron chi connectivity index (χ1n) is 6.80. The predicted octanol–water partition coefficient (Wildman–Crippen LogP) is 2.69. The number of urea groups is 1.